The molecular weight excluding hydrogens is 314 g/mol. The quantitative estimate of drug-likeness (QED) is 0.442. The van der Waals surface area contributed by atoms with Crippen LogP contribution in [-0.4, -0.2) is 38.2 Å². The van der Waals surface area contributed by atoms with Gasteiger partial charge >= 0.3 is 0 Å². The lowest BCUT2D eigenvalue weighted by Crippen LogP contribution is -1.86. The Labute approximate surface area is 143 Å². The molecule has 0 aliphatic rings. The Morgan fingerprint density at radius 2 is 2.16 bits per heavy atom. The summed E-state index contributed by atoms with van der Waals surface area (Å²) in [5.74, 6) is 0. The van der Waals surface area contributed by atoms with Gasteiger partial charge in [0.15, 0.2) is 0 Å². The topological polar surface area (TPSA) is 95.0 Å². The van der Waals surface area contributed by atoms with Gasteiger partial charge in [0.2, 0.25) is 0 Å². The van der Waals surface area contributed by atoms with Crippen LogP contribution < -0.4 is 0 Å². The standard InChI is InChI=1S/C18H15N7/c1-11(7-21-10-19-2)14-6-13-17(9-22-14)24-25-18(13)15-5-12-3-4-20-8-16(12)23-15/h3-10,23H,2H2,1H3,(H,24,25)/b11-7+,21-10?. The summed E-state index contributed by atoms with van der Waals surface area (Å²) in [6.45, 7) is 5.31. The molecular formula is C18H15N7. The molecule has 0 radical (unpaired) electrons. The minimum Gasteiger partial charge on any atom is -0.352 e. The first-order valence-electron chi connectivity index (χ1n) is 7.68. The zero-order chi connectivity index (χ0) is 17.2. The first-order valence-corrected chi connectivity index (χ1v) is 7.68. The highest BCUT2D eigenvalue weighted by atomic mass is 15.1. The normalized spacial score (nSPS) is 12.4. The van der Waals surface area contributed by atoms with Gasteiger partial charge in [-0.3, -0.25) is 20.1 Å². The average Bonchev–Trinajstić information content (AvgIpc) is 3.24. The van der Waals surface area contributed by atoms with E-state index in [1.807, 2.05) is 19.1 Å². The maximum absolute atomic E-state index is 4.46. The lowest BCUT2D eigenvalue weighted by Gasteiger charge is -2.00. The lowest BCUT2D eigenvalue weighted by atomic mass is 10.1. The van der Waals surface area contributed by atoms with Crippen molar-refractivity contribution in [1.82, 2.24) is 25.1 Å². The van der Waals surface area contributed by atoms with Gasteiger partial charge in [-0.1, -0.05) is 0 Å². The van der Waals surface area contributed by atoms with E-state index in [1.165, 1.54) is 6.34 Å². The number of rotatable bonds is 4. The second-order valence-corrected chi connectivity index (χ2v) is 5.59. The number of H-pyrrole nitrogens is 2. The predicted octanol–water partition coefficient (Wildman–Crippen LogP) is 3.59. The summed E-state index contributed by atoms with van der Waals surface area (Å²) in [5.41, 5.74) is 5.38. The number of fused-ring (bicyclic) bond motifs is 2. The molecule has 0 saturated carbocycles. The number of aliphatic imine (C=N–C) groups is 2. The number of nitrogens with zero attached hydrogens (tertiary/aromatic N) is 5. The fourth-order valence-corrected chi connectivity index (χ4v) is 2.70. The van der Waals surface area contributed by atoms with E-state index in [2.05, 4.69) is 47.9 Å². The Morgan fingerprint density at radius 3 is 3.00 bits per heavy atom. The van der Waals surface area contributed by atoms with Gasteiger partial charge in [0.05, 0.1) is 34.8 Å². The summed E-state index contributed by atoms with van der Waals surface area (Å²) in [6.07, 6.45) is 8.45. The van der Waals surface area contributed by atoms with Crippen LogP contribution in [0.5, 0.6) is 0 Å². The lowest BCUT2D eigenvalue weighted by molar-refractivity contribution is 1.11. The molecule has 2 N–H and O–H groups in total. The molecule has 0 bridgehead atoms. The van der Waals surface area contributed by atoms with Crippen LogP contribution in [0, 0.1) is 0 Å². The molecule has 0 unspecified atom stereocenters. The van der Waals surface area contributed by atoms with Gasteiger partial charge < -0.3 is 4.98 Å². The highest BCUT2D eigenvalue weighted by molar-refractivity contribution is 5.96. The van der Waals surface area contributed by atoms with E-state index in [0.29, 0.717) is 0 Å². The van der Waals surface area contributed by atoms with Gasteiger partial charge in [-0.05, 0) is 37.4 Å². The minimum absolute atomic E-state index is 0.828. The van der Waals surface area contributed by atoms with Crippen molar-refractivity contribution in [3.05, 3.63) is 48.7 Å². The molecule has 4 aromatic heterocycles. The van der Waals surface area contributed by atoms with Crippen LogP contribution in [0.2, 0.25) is 0 Å². The molecule has 0 fully saturated rings. The van der Waals surface area contributed by atoms with E-state index in [9.17, 15) is 0 Å². The molecule has 0 aromatic carbocycles. The molecule has 0 spiro atoms. The molecule has 0 atom stereocenters. The highest BCUT2D eigenvalue weighted by Crippen LogP contribution is 2.29. The molecule has 7 heteroatoms. The number of pyridine rings is 2. The van der Waals surface area contributed by atoms with E-state index >= 15 is 0 Å². The van der Waals surface area contributed by atoms with Crippen molar-refractivity contribution in [2.45, 2.75) is 6.92 Å². The molecule has 4 rings (SSSR count). The molecule has 25 heavy (non-hydrogen) atoms. The summed E-state index contributed by atoms with van der Waals surface area (Å²) in [5, 5.41) is 9.56. The number of hydrogen-bond donors (Lipinski definition) is 2. The molecule has 0 amide bonds. The number of nitrogens with one attached hydrogen (secondary N) is 2. The van der Waals surface area contributed by atoms with Gasteiger partial charge in [0.25, 0.3) is 0 Å². The molecule has 0 aliphatic carbocycles. The molecule has 4 aromatic rings. The Bertz CT molecular complexity index is 1100. The maximum atomic E-state index is 4.46. The molecule has 0 saturated heterocycles. The molecule has 4 heterocycles. The zero-order valence-electron chi connectivity index (χ0n) is 13.6. The van der Waals surface area contributed by atoms with Crippen molar-refractivity contribution in [1.29, 1.82) is 0 Å². The highest BCUT2D eigenvalue weighted by Gasteiger charge is 2.12. The Hall–Kier alpha value is -3.61. The Morgan fingerprint density at radius 1 is 1.24 bits per heavy atom. The predicted molar refractivity (Wildman–Crippen MR) is 101 cm³/mol. The third-order valence-corrected chi connectivity index (χ3v) is 3.95. The van der Waals surface area contributed by atoms with Crippen molar-refractivity contribution < 1.29 is 0 Å². The van der Waals surface area contributed by atoms with Crippen LogP contribution in [0.3, 0.4) is 0 Å². The van der Waals surface area contributed by atoms with Crippen LogP contribution in [0.1, 0.15) is 12.6 Å². The van der Waals surface area contributed by atoms with Gasteiger partial charge in [0, 0.05) is 23.2 Å². The smallest absolute Gasteiger partial charge is 0.116 e. The van der Waals surface area contributed by atoms with E-state index in [-0.39, 0.29) is 0 Å². The van der Waals surface area contributed by atoms with Crippen molar-refractivity contribution in [2.75, 3.05) is 0 Å². The number of aromatic amines is 2. The second-order valence-electron chi connectivity index (χ2n) is 5.59. The van der Waals surface area contributed by atoms with Crippen LogP contribution >= 0.6 is 0 Å². The van der Waals surface area contributed by atoms with E-state index in [1.54, 1.807) is 24.8 Å². The van der Waals surface area contributed by atoms with Crippen LogP contribution in [0.25, 0.3) is 38.8 Å². The van der Waals surface area contributed by atoms with Gasteiger partial charge in [0.1, 0.15) is 12.0 Å². The van der Waals surface area contributed by atoms with Gasteiger partial charge in [-0.2, -0.15) is 5.10 Å². The zero-order valence-corrected chi connectivity index (χ0v) is 13.6. The van der Waals surface area contributed by atoms with Crippen LogP contribution in [-0.2, 0) is 0 Å². The molecule has 7 nitrogen and oxygen atoms in total. The van der Waals surface area contributed by atoms with Crippen LogP contribution in [0.4, 0.5) is 0 Å². The second kappa shape index (κ2) is 6.12. The Kier molecular flexibility index (Phi) is 3.66. The molecule has 0 aliphatic heterocycles. The fourth-order valence-electron chi connectivity index (χ4n) is 2.70. The summed E-state index contributed by atoms with van der Waals surface area (Å²) < 4.78 is 0. The van der Waals surface area contributed by atoms with Crippen molar-refractivity contribution in [2.24, 2.45) is 9.98 Å². The van der Waals surface area contributed by atoms with Crippen molar-refractivity contribution in [3.8, 4) is 11.4 Å². The summed E-state index contributed by atoms with van der Waals surface area (Å²) in [7, 11) is 0. The largest absolute Gasteiger partial charge is 0.352 e. The van der Waals surface area contributed by atoms with Gasteiger partial charge in [-0.25, -0.2) is 4.99 Å². The first kappa shape index (κ1) is 14.9. The van der Waals surface area contributed by atoms with E-state index in [4.69, 9.17) is 0 Å². The third-order valence-electron chi connectivity index (χ3n) is 3.95. The third kappa shape index (κ3) is 2.72. The number of aromatic nitrogens is 5. The minimum atomic E-state index is 0.828. The number of hydrogen-bond acceptors (Lipinski definition) is 4. The monoisotopic (exact) mass is 329 g/mol. The van der Waals surface area contributed by atoms with Crippen LogP contribution in [0.15, 0.2) is 53.0 Å². The first-order chi connectivity index (χ1) is 12.3. The summed E-state index contributed by atoms with van der Waals surface area (Å²) in [6, 6.07) is 6.03. The van der Waals surface area contributed by atoms with E-state index in [0.717, 1.165) is 44.5 Å². The van der Waals surface area contributed by atoms with Gasteiger partial charge in [-0.15, -0.1) is 0 Å². The summed E-state index contributed by atoms with van der Waals surface area (Å²) >= 11 is 0. The Balaban J connectivity index is 1.82. The SMILES string of the molecule is C=NC=N/C=C(\C)c1cc2c(-c3cc4ccncc4[nH]3)n[nH]c2cn1. The van der Waals surface area contributed by atoms with Crippen molar-refractivity contribution in [3.63, 3.8) is 0 Å². The van der Waals surface area contributed by atoms with Crippen molar-refractivity contribution >= 4 is 40.4 Å². The fraction of sp³-hybridized carbons (Fsp3) is 0.0556. The summed E-state index contributed by atoms with van der Waals surface area (Å²) in [4.78, 5) is 19.6. The maximum Gasteiger partial charge on any atom is 0.116 e. The molecule has 122 valence electrons. The average molecular weight is 329 g/mol. The van der Waals surface area contributed by atoms with E-state index < -0.39 is 0 Å². The number of allylic oxidation sites excluding steroid dienone is 1.